The molecular weight excluding hydrogens is 164 g/mol. The molecule has 0 bridgehead atoms. The lowest BCUT2D eigenvalue weighted by atomic mass is 10.1. The number of hydrogen-bond donors (Lipinski definition) is 1. The summed E-state index contributed by atoms with van der Waals surface area (Å²) in [5.74, 6) is 0. The summed E-state index contributed by atoms with van der Waals surface area (Å²) in [7, 11) is 4.15. The number of nitrogens with zero attached hydrogens (tertiary/aromatic N) is 1. The van der Waals surface area contributed by atoms with E-state index >= 15 is 0 Å². The van der Waals surface area contributed by atoms with Crippen LogP contribution in [0.3, 0.4) is 0 Å². The Balaban J connectivity index is 3.41. The standard InChI is InChI=1S/C10H24N2O/c1-10(2,12(3)4)9-13-8-6-5-7-11/h5-9,11H2,1-4H3. The summed E-state index contributed by atoms with van der Waals surface area (Å²) in [5.41, 5.74) is 5.51. The molecule has 0 radical (unpaired) electrons. The zero-order valence-corrected chi connectivity index (χ0v) is 9.47. The van der Waals surface area contributed by atoms with Crippen molar-refractivity contribution in [3.63, 3.8) is 0 Å². The smallest absolute Gasteiger partial charge is 0.0644 e. The predicted octanol–water partition coefficient (Wildman–Crippen LogP) is 1.08. The number of hydrogen-bond acceptors (Lipinski definition) is 3. The summed E-state index contributed by atoms with van der Waals surface area (Å²) in [6.07, 6.45) is 2.13. The highest BCUT2D eigenvalue weighted by Gasteiger charge is 2.19. The average molecular weight is 188 g/mol. The van der Waals surface area contributed by atoms with Crippen LogP contribution in [0.4, 0.5) is 0 Å². The molecule has 0 aliphatic carbocycles. The van der Waals surface area contributed by atoms with Gasteiger partial charge in [-0.25, -0.2) is 0 Å². The first-order valence-corrected chi connectivity index (χ1v) is 4.96. The molecule has 0 aromatic heterocycles. The van der Waals surface area contributed by atoms with Gasteiger partial charge in [-0.15, -0.1) is 0 Å². The predicted molar refractivity (Wildman–Crippen MR) is 56.9 cm³/mol. The fourth-order valence-electron chi connectivity index (χ4n) is 0.799. The third-order valence-electron chi connectivity index (χ3n) is 2.41. The minimum Gasteiger partial charge on any atom is -0.380 e. The van der Waals surface area contributed by atoms with Crippen molar-refractivity contribution in [2.45, 2.75) is 32.2 Å². The molecule has 0 atom stereocenters. The van der Waals surface area contributed by atoms with E-state index < -0.39 is 0 Å². The molecular formula is C10H24N2O. The van der Waals surface area contributed by atoms with Gasteiger partial charge in [-0.2, -0.15) is 0 Å². The van der Waals surface area contributed by atoms with E-state index in [-0.39, 0.29) is 5.54 Å². The summed E-state index contributed by atoms with van der Waals surface area (Å²) >= 11 is 0. The minimum absolute atomic E-state index is 0.128. The molecule has 0 aromatic carbocycles. The van der Waals surface area contributed by atoms with Crippen LogP contribution in [0.5, 0.6) is 0 Å². The highest BCUT2D eigenvalue weighted by Crippen LogP contribution is 2.10. The normalized spacial score (nSPS) is 12.5. The first-order chi connectivity index (χ1) is 6.00. The number of likely N-dealkylation sites (N-methyl/N-ethyl adjacent to an activating group) is 1. The van der Waals surface area contributed by atoms with Crippen molar-refractivity contribution in [2.75, 3.05) is 33.9 Å². The van der Waals surface area contributed by atoms with Crippen LogP contribution in [0, 0.1) is 0 Å². The first kappa shape index (κ1) is 12.9. The molecule has 0 saturated heterocycles. The highest BCUT2D eigenvalue weighted by molar-refractivity contribution is 4.75. The molecule has 0 aromatic rings. The second-order valence-electron chi connectivity index (χ2n) is 4.26. The van der Waals surface area contributed by atoms with Gasteiger partial charge >= 0.3 is 0 Å². The lowest BCUT2D eigenvalue weighted by Crippen LogP contribution is -2.42. The molecule has 0 unspecified atom stereocenters. The van der Waals surface area contributed by atoms with Gasteiger partial charge in [0.25, 0.3) is 0 Å². The van der Waals surface area contributed by atoms with E-state index in [2.05, 4.69) is 32.8 Å². The summed E-state index contributed by atoms with van der Waals surface area (Å²) in [4.78, 5) is 2.18. The Hall–Kier alpha value is -0.120. The van der Waals surface area contributed by atoms with Gasteiger partial charge in [0.15, 0.2) is 0 Å². The van der Waals surface area contributed by atoms with Crippen molar-refractivity contribution in [1.82, 2.24) is 4.90 Å². The van der Waals surface area contributed by atoms with Crippen molar-refractivity contribution in [1.29, 1.82) is 0 Å². The molecule has 0 saturated carbocycles. The van der Waals surface area contributed by atoms with E-state index in [1.165, 1.54) is 0 Å². The zero-order valence-electron chi connectivity index (χ0n) is 9.47. The fraction of sp³-hybridized carbons (Fsp3) is 1.00. The van der Waals surface area contributed by atoms with Gasteiger partial charge in [-0.3, -0.25) is 0 Å². The van der Waals surface area contributed by atoms with E-state index in [4.69, 9.17) is 10.5 Å². The number of rotatable bonds is 7. The molecule has 3 heteroatoms. The molecule has 0 rings (SSSR count). The number of unbranched alkanes of at least 4 members (excludes halogenated alkanes) is 1. The van der Waals surface area contributed by atoms with Crippen LogP contribution in [0.15, 0.2) is 0 Å². The molecule has 0 amide bonds. The van der Waals surface area contributed by atoms with Gasteiger partial charge in [0.05, 0.1) is 6.61 Å². The van der Waals surface area contributed by atoms with Crippen molar-refractivity contribution < 1.29 is 4.74 Å². The first-order valence-electron chi connectivity index (χ1n) is 4.96. The van der Waals surface area contributed by atoms with Gasteiger partial charge in [-0.05, 0) is 47.3 Å². The fourth-order valence-corrected chi connectivity index (χ4v) is 0.799. The molecule has 2 N–H and O–H groups in total. The minimum atomic E-state index is 0.128. The zero-order chi connectivity index (χ0) is 10.3. The summed E-state index contributed by atoms with van der Waals surface area (Å²) in [5, 5.41) is 0. The molecule has 0 aliphatic heterocycles. The second-order valence-corrected chi connectivity index (χ2v) is 4.26. The van der Waals surface area contributed by atoms with Crippen molar-refractivity contribution in [3.8, 4) is 0 Å². The Labute approximate surface area is 82.2 Å². The van der Waals surface area contributed by atoms with Gasteiger partial charge in [0.2, 0.25) is 0 Å². The Morgan fingerprint density at radius 1 is 1.23 bits per heavy atom. The van der Waals surface area contributed by atoms with E-state index in [1.807, 2.05) is 0 Å². The van der Waals surface area contributed by atoms with Crippen LogP contribution < -0.4 is 5.73 Å². The van der Waals surface area contributed by atoms with Crippen LogP contribution in [0.1, 0.15) is 26.7 Å². The highest BCUT2D eigenvalue weighted by atomic mass is 16.5. The molecule has 0 spiro atoms. The molecule has 0 fully saturated rings. The maximum Gasteiger partial charge on any atom is 0.0644 e. The molecule has 13 heavy (non-hydrogen) atoms. The Kier molecular flexibility index (Phi) is 6.29. The third kappa shape index (κ3) is 6.02. The topological polar surface area (TPSA) is 38.5 Å². The molecule has 0 aliphatic rings. The second kappa shape index (κ2) is 6.35. The molecule has 3 nitrogen and oxygen atoms in total. The summed E-state index contributed by atoms with van der Waals surface area (Å²) < 4.78 is 5.56. The largest absolute Gasteiger partial charge is 0.380 e. The average Bonchev–Trinajstić information content (AvgIpc) is 2.03. The van der Waals surface area contributed by atoms with Crippen LogP contribution in [-0.4, -0.2) is 44.3 Å². The third-order valence-corrected chi connectivity index (χ3v) is 2.41. The Morgan fingerprint density at radius 3 is 2.31 bits per heavy atom. The van der Waals surface area contributed by atoms with Crippen molar-refractivity contribution in [3.05, 3.63) is 0 Å². The van der Waals surface area contributed by atoms with Crippen LogP contribution >= 0.6 is 0 Å². The maximum atomic E-state index is 5.56. The number of ether oxygens (including phenoxy) is 1. The SMILES string of the molecule is CN(C)C(C)(C)COCCCCN. The van der Waals surface area contributed by atoms with Gasteiger partial charge in [0.1, 0.15) is 0 Å². The Morgan fingerprint density at radius 2 is 1.85 bits per heavy atom. The Bertz CT molecular complexity index is 124. The van der Waals surface area contributed by atoms with Gasteiger partial charge in [-0.1, -0.05) is 0 Å². The monoisotopic (exact) mass is 188 g/mol. The molecule has 80 valence electrons. The van der Waals surface area contributed by atoms with E-state index in [9.17, 15) is 0 Å². The van der Waals surface area contributed by atoms with Crippen LogP contribution in [-0.2, 0) is 4.74 Å². The summed E-state index contributed by atoms with van der Waals surface area (Å²) in [6.45, 7) is 6.73. The molecule has 0 heterocycles. The van der Waals surface area contributed by atoms with E-state index in [0.717, 1.165) is 32.6 Å². The van der Waals surface area contributed by atoms with Crippen molar-refractivity contribution >= 4 is 0 Å². The van der Waals surface area contributed by atoms with Crippen molar-refractivity contribution in [2.24, 2.45) is 5.73 Å². The van der Waals surface area contributed by atoms with Crippen LogP contribution in [0.25, 0.3) is 0 Å². The lowest BCUT2D eigenvalue weighted by Gasteiger charge is -2.32. The van der Waals surface area contributed by atoms with Gasteiger partial charge < -0.3 is 15.4 Å². The lowest BCUT2D eigenvalue weighted by molar-refractivity contribution is 0.0348. The summed E-state index contributed by atoms with van der Waals surface area (Å²) in [6, 6.07) is 0. The van der Waals surface area contributed by atoms with E-state index in [0.29, 0.717) is 0 Å². The van der Waals surface area contributed by atoms with E-state index in [1.54, 1.807) is 0 Å². The maximum absolute atomic E-state index is 5.56. The van der Waals surface area contributed by atoms with Crippen LogP contribution in [0.2, 0.25) is 0 Å². The number of nitrogens with two attached hydrogens (primary N) is 1. The quantitative estimate of drug-likeness (QED) is 0.608. The van der Waals surface area contributed by atoms with Gasteiger partial charge in [0, 0.05) is 12.1 Å².